The molecule has 0 bridgehead atoms. The van der Waals surface area contributed by atoms with Crippen LogP contribution < -0.4 is 10.5 Å². The molecule has 3 N–H and O–H groups in total. The second-order valence-electron chi connectivity index (χ2n) is 5.65. The Morgan fingerprint density at radius 2 is 2.00 bits per heavy atom. The van der Waals surface area contributed by atoms with Crippen LogP contribution in [0, 0.1) is 5.92 Å². The summed E-state index contributed by atoms with van der Waals surface area (Å²) in [5, 5.41) is 0.244. The van der Waals surface area contributed by atoms with E-state index in [9.17, 15) is 8.42 Å². The van der Waals surface area contributed by atoms with Gasteiger partial charge < -0.3 is 5.73 Å². The smallest absolute Gasteiger partial charge is 0.242 e. The van der Waals surface area contributed by atoms with E-state index in [0.717, 1.165) is 18.4 Å². The normalized spacial score (nSPS) is 16.6. The molecule has 1 aliphatic carbocycles. The molecule has 0 aliphatic heterocycles. The predicted molar refractivity (Wildman–Crippen MR) is 88.7 cm³/mol. The van der Waals surface area contributed by atoms with Crippen molar-refractivity contribution in [2.75, 3.05) is 6.54 Å². The van der Waals surface area contributed by atoms with Gasteiger partial charge in [-0.25, -0.2) is 13.1 Å². The van der Waals surface area contributed by atoms with Crippen LogP contribution in [0.5, 0.6) is 0 Å². The SMILES string of the molecule is CC(C)c1ccc(Cl)c(S(=O)(=O)NC(CN)C2CC2)c1.Cl. The Morgan fingerprint density at radius 1 is 1.38 bits per heavy atom. The minimum Gasteiger partial charge on any atom is -0.329 e. The average molecular weight is 353 g/mol. The minimum atomic E-state index is -3.63. The molecule has 0 heterocycles. The van der Waals surface area contributed by atoms with Crippen LogP contribution in [0.25, 0.3) is 0 Å². The van der Waals surface area contributed by atoms with Gasteiger partial charge in [-0.05, 0) is 42.4 Å². The Labute approximate surface area is 137 Å². The highest BCUT2D eigenvalue weighted by molar-refractivity contribution is 7.89. The molecule has 4 nitrogen and oxygen atoms in total. The molecule has 1 atom stereocenters. The van der Waals surface area contributed by atoms with E-state index in [-0.39, 0.29) is 34.3 Å². The molecule has 120 valence electrons. The Bertz CT molecular complexity index is 587. The molecule has 0 amide bonds. The highest BCUT2D eigenvalue weighted by atomic mass is 35.5. The maximum absolute atomic E-state index is 12.5. The second-order valence-corrected chi connectivity index (χ2v) is 7.74. The molecule has 0 spiro atoms. The zero-order chi connectivity index (χ0) is 14.9. The first-order valence-corrected chi connectivity index (χ1v) is 8.73. The predicted octanol–water partition coefficient (Wildman–Crippen LogP) is 2.90. The van der Waals surface area contributed by atoms with E-state index in [1.807, 2.05) is 19.9 Å². The number of sulfonamides is 1. The highest BCUT2D eigenvalue weighted by Crippen LogP contribution is 2.33. The molecule has 0 radical (unpaired) electrons. The third-order valence-corrected chi connectivity index (χ3v) is 5.63. The van der Waals surface area contributed by atoms with Crippen molar-refractivity contribution in [2.24, 2.45) is 11.7 Å². The van der Waals surface area contributed by atoms with E-state index in [2.05, 4.69) is 4.72 Å². The van der Waals surface area contributed by atoms with Gasteiger partial charge in [0.25, 0.3) is 0 Å². The molecule has 2 rings (SSSR count). The number of rotatable bonds is 6. The molecule has 1 aromatic carbocycles. The number of benzene rings is 1. The molecular formula is C14H22Cl2N2O2S. The molecule has 1 unspecified atom stereocenters. The topological polar surface area (TPSA) is 72.2 Å². The number of hydrogen-bond donors (Lipinski definition) is 2. The van der Waals surface area contributed by atoms with E-state index < -0.39 is 10.0 Å². The van der Waals surface area contributed by atoms with Crippen molar-refractivity contribution in [3.05, 3.63) is 28.8 Å². The molecule has 1 saturated carbocycles. The molecule has 0 saturated heterocycles. The van der Waals surface area contributed by atoms with Crippen LogP contribution in [0.2, 0.25) is 5.02 Å². The van der Waals surface area contributed by atoms with Crippen LogP contribution in [-0.2, 0) is 10.0 Å². The number of nitrogens with two attached hydrogens (primary N) is 1. The monoisotopic (exact) mass is 352 g/mol. The van der Waals surface area contributed by atoms with Crippen LogP contribution in [0.4, 0.5) is 0 Å². The lowest BCUT2D eigenvalue weighted by atomic mass is 10.0. The molecule has 1 aromatic rings. The summed E-state index contributed by atoms with van der Waals surface area (Å²) in [5.41, 5.74) is 6.60. The maximum atomic E-state index is 12.5. The van der Waals surface area contributed by atoms with Gasteiger partial charge in [0.15, 0.2) is 0 Å². The summed E-state index contributed by atoms with van der Waals surface area (Å²) in [6.45, 7) is 4.34. The third kappa shape index (κ3) is 4.57. The van der Waals surface area contributed by atoms with Crippen molar-refractivity contribution in [3.8, 4) is 0 Å². The molecule has 1 aliphatic rings. The zero-order valence-electron chi connectivity index (χ0n) is 12.2. The van der Waals surface area contributed by atoms with Crippen LogP contribution in [0.3, 0.4) is 0 Å². The summed E-state index contributed by atoms with van der Waals surface area (Å²) in [6.07, 6.45) is 2.06. The Kier molecular flexibility index (Phi) is 6.50. The van der Waals surface area contributed by atoms with Crippen molar-refractivity contribution >= 4 is 34.0 Å². The van der Waals surface area contributed by atoms with E-state index in [1.165, 1.54) is 0 Å². The molecule has 1 fully saturated rings. The summed E-state index contributed by atoms with van der Waals surface area (Å²) in [5.74, 6) is 0.608. The lowest BCUT2D eigenvalue weighted by molar-refractivity contribution is 0.519. The maximum Gasteiger partial charge on any atom is 0.242 e. The van der Waals surface area contributed by atoms with Crippen LogP contribution in [0.1, 0.15) is 38.2 Å². The van der Waals surface area contributed by atoms with Crippen LogP contribution in [0.15, 0.2) is 23.1 Å². The fourth-order valence-electron chi connectivity index (χ4n) is 2.18. The lowest BCUT2D eigenvalue weighted by Gasteiger charge is -2.17. The summed E-state index contributed by atoms with van der Waals surface area (Å²) in [7, 11) is -3.63. The largest absolute Gasteiger partial charge is 0.329 e. The van der Waals surface area contributed by atoms with Crippen molar-refractivity contribution in [1.29, 1.82) is 0 Å². The number of hydrogen-bond acceptors (Lipinski definition) is 3. The van der Waals surface area contributed by atoms with Gasteiger partial charge in [0.05, 0.1) is 5.02 Å². The molecule has 0 aromatic heterocycles. The standard InChI is InChI=1S/C14H21ClN2O2S.ClH/c1-9(2)11-5-6-12(15)14(7-11)20(18,19)17-13(8-16)10-3-4-10;/h5-7,9-10,13,17H,3-4,8,16H2,1-2H3;1H. The van der Waals surface area contributed by atoms with Gasteiger partial charge in [-0.15, -0.1) is 12.4 Å². The summed E-state index contributed by atoms with van der Waals surface area (Å²) < 4.78 is 27.6. The Morgan fingerprint density at radius 3 is 2.48 bits per heavy atom. The average Bonchev–Trinajstić information content (AvgIpc) is 3.20. The summed E-state index contributed by atoms with van der Waals surface area (Å²) >= 11 is 6.06. The van der Waals surface area contributed by atoms with Crippen molar-refractivity contribution in [3.63, 3.8) is 0 Å². The fourth-order valence-corrected chi connectivity index (χ4v) is 4.04. The van der Waals surface area contributed by atoms with E-state index in [0.29, 0.717) is 12.5 Å². The van der Waals surface area contributed by atoms with Gasteiger partial charge in [0.2, 0.25) is 10.0 Å². The fraction of sp³-hybridized carbons (Fsp3) is 0.571. The quantitative estimate of drug-likeness (QED) is 0.826. The second kappa shape index (κ2) is 7.29. The molecule has 7 heteroatoms. The van der Waals surface area contributed by atoms with Gasteiger partial charge >= 0.3 is 0 Å². The zero-order valence-corrected chi connectivity index (χ0v) is 14.6. The first-order chi connectivity index (χ1) is 9.35. The van der Waals surface area contributed by atoms with E-state index >= 15 is 0 Å². The first-order valence-electron chi connectivity index (χ1n) is 6.87. The van der Waals surface area contributed by atoms with Gasteiger partial charge in [0, 0.05) is 12.6 Å². The highest BCUT2D eigenvalue weighted by Gasteiger charge is 2.34. The first kappa shape index (κ1) is 18.7. The van der Waals surface area contributed by atoms with Crippen molar-refractivity contribution in [1.82, 2.24) is 4.72 Å². The van der Waals surface area contributed by atoms with Gasteiger partial charge in [0.1, 0.15) is 4.90 Å². The Hall–Kier alpha value is -0.330. The van der Waals surface area contributed by atoms with Crippen molar-refractivity contribution < 1.29 is 8.42 Å². The lowest BCUT2D eigenvalue weighted by Crippen LogP contribution is -2.41. The van der Waals surface area contributed by atoms with Crippen LogP contribution in [-0.4, -0.2) is 21.0 Å². The van der Waals surface area contributed by atoms with E-state index in [4.69, 9.17) is 17.3 Å². The number of nitrogens with one attached hydrogen (secondary N) is 1. The van der Waals surface area contributed by atoms with Gasteiger partial charge in [-0.3, -0.25) is 0 Å². The molecular weight excluding hydrogens is 331 g/mol. The Balaban J connectivity index is 0.00000220. The minimum absolute atomic E-state index is 0. The summed E-state index contributed by atoms with van der Waals surface area (Å²) in [4.78, 5) is 0.143. The van der Waals surface area contributed by atoms with Gasteiger partial charge in [-0.2, -0.15) is 0 Å². The van der Waals surface area contributed by atoms with E-state index in [1.54, 1.807) is 12.1 Å². The number of halogens is 2. The van der Waals surface area contributed by atoms with Crippen LogP contribution >= 0.6 is 24.0 Å². The van der Waals surface area contributed by atoms with Gasteiger partial charge in [-0.1, -0.05) is 31.5 Å². The third-order valence-electron chi connectivity index (χ3n) is 3.66. The summed E-state index contributed by atoms with van der Waals surface area (Å²) in [6, 6.07) is 4.95. The molecule has 21 heavy (non-hydrogen) atoms. The van der Waals surface area contributed by atoms with Crippen molar-refractivity contribution in [2.45, 2.75) is 43.5 Å².